The predicted molar refractivity (Wildman–Crippen MR) is 59.5 cm³/mol. The summed E-state index contributed by atoms with van der Waals surface area (Å²) in [6.45, 7) is 1.92. The van der Waals surface area contributed by atoms with Crippen molar-refractivity contribution in [1.82, 2.24) is 10.3 Å². The van der Waals surface area contributed by atoms with E-state index in [1.54, 1.807) is 0 Å². The van der Waals surface area contributed by atoms with Crippen LogP contribution in [0, 0.1) is 0 Å². The summed E-state index contributed by atoms with van der Waals surface area (Å²) in [4.78, 5) is 4.47. The van der Waals surface area contributed by atoms with Crippen LogP contribution in [0.2, 0.25) is 0 Å². The summed E-state index contributed by atoms with van der Waals surface area (Å²) >= 11 is 0. The number of para-hydroxylation sites is 2. The Hall–Kier alpha value is -1.61. The molecule has 0 radical (unpaired) electrons. The Balaban J connectivity index is 2.07. The first-order chi connectivity index (χ1) is 7.43. The van der Waals surface area contributed by atoms with Crippen molar-refractivity contribution in [2.45, 2.75) is 6.42 Å². The fourth-order valence-electron chi connectivity index (χ4n) is 1.83. The van der Waals surface area contributed by atoms with E-state index in [1.165, 1.54) is 5.57 Å². The van der Waals surface area contributed by atoms with E-state index in [1.807, 2.05) is 24.3 Å². The first-order valence-electron chi connectivity index (χ1n) is 5.19. The highest BCUT2D eigenvalue weighted by atomic mass is 16.3. The first-order valence-corrected chi connectivity index (χ1v) is 5.19. The SMILES string of the molecule is C1=C(c2nc3ccccc3o2)CCNC1. The quantitative estimate of drug-likeness (QED) is 0.767. The highest BCUT2D eigenvalue weighted by Gasteiger charge is 2.11. The lowest BCUT2D eigenvalue weighted by atomic mass is 10.1. The molecule has 1 aromatic heterocycles. The Kier molecular flexibility index (Phi) is 2.03. The lowest BCUT2D eigenvalue weighted by molar-refractivity contribution is 0.574. The minimum absolute atomic E-state index is 0.776. The fraction of sp³-hybridized carbons (Fsp3) is 0.250. The number of nitrogens with one attached hydrogen (secondary N) is 1. The van der Waals surface area contributed by atoms with Crippen molar-refractivity contribution in [1.29, 1.82) is 0 Å². The largest absolute Gasteiger partial charge is 0.436 e. The number of benzene rings is 1. The van der Waals surface area contributed by atoms with E-state index in [4.69, 9.17) is 4.42 Å². The van der Waals surface area contributed by atoms with Crippen molar-refractivity contribution in [3.8, 4) is 0 Å². The predicted octanol–water partition coefficient (Wildman–Crippen LogP) is 2.20. The molecule has 3 heteroatoms. The van der Waals surface area contributed by atoms with Crippen LogP contribution in [0.25, 0.3) is 16.7 Å². The molecule has 3 rings (SSSR count). The van der Waals surface area contributed by atoms with Gasteiger partial charge in [0.05, 0.1) is 0 Å². The Morgan fingerprint density at radius 2 is 2.20 bits per heavy atom. The minimum atomic E-state index is 0.776. The number of hydrogen-bond donors (Lipinski definition) is 1. The fourth-order valence-corrected chi connectivity index (χ4v) is 1.83. The monoisotopic (exact) mass is 200 g/mol. The molecular weight excluding hydrogens is 188 g/mol. The standard InChI is InChI=1S/C12H12N2O/c1-2-4-11-10(3-1)14-12(15-11)9-5-7-13-8-6-9/h1-5,13H,6-8H2. The van der Waals surface area contributed by atoms with Crippen LogP contribution in [-0.4, -0.2) is 18.1 Å². The molecule has 0 spiro atoms. The first kappa shape index (κ1) is 8.68. The molecule has 0 fully saturated rings. The van der Waals surface area contributed by atoms with E-state index in [2.05, 4.69) is 16.4 Å². The normalized spacial score (nSPS) is 16.7. The van der Waals surface area contributed by atoms with Crippen LogP contribution in [0.1, 0.15) is 12.3 Å². The second-order valence-electron chi connectivity index (χ2n) is 3.67. The zero-order valence-electron chi connectivity index (χ0n) is 8.36. The maximum Gasteiger partial charge on any atom is 0.222 e. The zero-order chi connectivity index (χ0) is 10.1. The topological polar surface area (TPSA) is 38.1 Å². The molecule has 0 atom stereocenters. The van der Waals surface area contributed by atoms with Gasteiger partial charge < -0.3 is 9.73 Å². The van der Waals surface area contributed by atoms with Crippen molar-refractivity contribution < 1.29 is 4.42 Å². The van der Waals surface area contributed by atoms with Gasteiger partial charge >= 0.3 is 0 Å². The van der Waals surface area contributed by atoms with Crippen LogP contribution >= 0.6 is 0 Å². The molecule has 2 aromatic rings. The molecule has 0 saturated carbocycles. The van der Waals surface area contributed by atoms with Crippen LogP contribution in [0.5, 0.6) is 0 Å². The van der Waals surface area contributed by atoms with Gasteiger partial charge in [-0.05, 0) is 25.1 Å². The summed E-state index contributed by atoms with van der Waals surface area (Å²) in [7, 11) is 0. The third kappa shape index (κ3) is 1.55. The van der Waals surface area contributed by atoms with E-state index in [-0.39, 0.29) is 0 Å². The van der Waals surface area contributed by atoms with E-state index >= 15 is 0 Å². The number of oxazole rings is 1. The summed E-state index contributed by atoms with van der Waals surface area (Å²) < 4.78 is 5.70. The molecule has 0 bridgehead atoms. The van der Waals surface area contributed by atoms with Crippen LogP contribution in [0.3, 0.4) is 0 Å². The zero-order valence-corrected chi connectivity index (χ0v) is 8.36. The van der Waals surface area contributed by atoms with Crippen LogP contribution in [0.15, 0.2) is 34.8 Å². The number of hydrogen-bond acceptors (Lipinski definition) is 3. The van der Waals surface area contributed by atoms with Gasteiger partial charge in [0.15, 0.2) is 5.58 Å². The molecule has 2 heterocycles. The summed E-state index contributed by atoms with van der Waals surface area (Å²) in [5, 5.41) is 3.27. The third-order valence-electron chi connectivity index (χ3n) is 2.63. The average molecular weight is 200 g/mol. The molecule has 0 unspecified atom stereocenters. The van der Waals surface area contributed by atoms with Crippen molar-refractivity contribution in [2.24, 2.45) is 0 Å². The highest BCUT2D eigenvalue weighted by Crippen LogP contribution is 2.23. The summed E-state index contributed by atoms with van der Waals surface area (Å²) in [5.41, 5.74) is 3.02. The molecule has 76 valence electrons. The molecular formula is C12H12N2O. The summed E-state index contributed by atoms with van der Waals surface area (Å²) in [5.74, 6) is 0.776. The third-order valence-corrected chi connectivity index (χ3v) is 2.63. The van der Waals surface area contributed by atoms with Gasteiger partial charge in [-0.1, -0.05) is 18.2 Å². The van der Waals surface area contributed by atoms with E-state index < -0.39 is 0 Å². The van der Waals surface area contributed by atoms with Gasteiger partial charge in [0.25, 0.3) is 0 Å². The molecule has 1 aliphatic rings. The number of nitrogens with zero attached hydrogens (tertiary/aromatic N) is 1. The Morgan fingerprint density at radius 3 is 3.00 bits per heavy atom. The second-order valence-corrected chi connectivity index (χ2v) is 3.67. The number of aromatic nitrogens is 1. The lowest BCUT2D eigenvalue weighted by Crippen LogP contribution is -2.20. The van der Waals surface area contributed by atoms with E-state index in [9.17, 15) is 0 Å². The molecule has 1 aromatic carbocycles. The second kappa shape index (κ2) is 3.51. The van der Waals surface area contributed by atoms with E-state index in [0.717, 1.165) is 36.5 Å². The lowest BCUT2D eigenvalue weighted by Gasteiger charge is -2.10. The maximum absolute atomic E-state index is 5.70. The molecule has 0 saturated heterocycles. The van der Waals surface area contributed by atoms with Crippen molar-refractivity contribution in [3.05, 3.63) is 36.2 Å². The molecule has 1 N–H and O–H groups in total. The average Bonchev–Trinajstić information content (AvgIpc) is 2.74. The molecule has 0 amide bonds. The van der Waals surface area contributed by atoms with Crippen LogP contribution in [0.4, 0.5) is 0 Å². The van der Waals surface area contributed by atoms with Gasteiger partial charge in [-0.25, -0.2) is 4.98 Å². The Labute approximate surface area is 87.8 Å². The Bertz CT molecular complexity index is 480. The summed E-state index contributed by atoms with van der Waals surface area (Å²) in [6, 6.07) is 7.87. The summed E-state index contributed by atoms with van der Waals surface area (Å²) in [6.07, 6.45) is 3.14. The molecule has 1 aliphatic heterocycles. The minimum Gasteiger partial charge on any atom is -0.436 e. The Morgan fingerprint density at radius 1 is 1.27 bits per heavy atom. The number of rotatable bonds is 1. The van der Waals surface area contributed by atoms with Gasteiger partial charge in [0.1, 0.15) is 5.52 Å². The van der Waals surface area contributed by atoms with E-state index in [0.29, 0.717) is 0 Å². The number of fused-ring (bicyclic) bond motifs is 1. The highest BCUT2D eigenvalue weighted by molar-refractivity contribution is 5.75. The molecule has 3 nitrogen and oxygen atoms in total. The maximum atomic E-state index is 5.70. The molecule has 15 heavy (non-hydrogen) atoms. The van der Waals surface area contributed by atoms with Gasteiger partial charge in [-0.3, -0.25) is 0 Å². The van der Waals surface area contributed by atoms with Gasteiger partial charge in [0, 0.05) is 12.1 Å². The van der Waals surface area contributed by atoms with Crippen molar-refractivity contribution in [2.75, 3.05) is 13.1 Å². The van der Waals surface area contributed by atoms with Crippen LogP contribution in [-0.2, 0) is 0 Å². The van der Waals surface area contributed by atoms with Gasteiger partial charge in [-0.15, -0.1) is 0 Å². The van der Waals surface area contributed by atoms with Gasteiger partial charge in [-0.2, -0.15) is 0 Å². The smallest absolute Gasteiger partial charge is 0.222 e. The van der Waals surface area contributed by atoms with Crippen molar-refractivity contribution >= 4 is 16.7 Å². The van der Waals surface area contributed by atoms with Crippen molar-refractivity contribution in [3.63, 3.8) is 0 Å². The van der Waals surface area contributed by atoms with Gasteiger partial charge in [0.2, 0.25) is 5.89 Å². The molecule has 0 aliphatic carbocycles. The van der Waals surface area contributed by atoms with Crippen LogP contribution < -0.4 is 5.32 Å².